The molecule has 0 aliphatic carbocycles. The second-order valence-electron chi connectivity index (χ2n) is 7.18. The molecule has 1 N–H and O–H groups in total. The van der Waals surface area contributed by atoms with Gasteiger partial charge in [-0.05, 0) is 57.9 Å². The van der Waals surface area contributed by atoms with Gasteiger partial charge in [0.05, 0.1) is 17.8 Å². The van der Waals surface area contributed by atoms with Gasteiger partial charge in [-0.25, -0.2) is 0 Å². The number of nitrogens with zero attached hydrogens (tertiary/aromatic N) is 3. The van der Waals surface area contributed by atoms with E-state index in [1.54, 1.807) is 11.6 Å². The number of aromatic nitrogens is 3. The predicted molar refractivity (Wildman–Crippen MR) is 105 cm³/mol. The predicted octanol–water partition coefficient (Wildman–Crippen LogP) is 3.50. The third-order valence-electron chi connectivity index (χ3n) is 4.53. The van der Waals surface area contributed by atoms with Crippen LogP contribution >= 0.6 is 0 Å². The van der Waals surface area contributed by atoms with Crippen molar-refractivity contribution in [2.75, 3.05) is 0 Å². The first kappa shape index (κ1) is 19.7. The fourth-order valence-corrected chi connectivity index (χ4v) is 2.94. The summed E-state index contributed by atoms with van der Waals surface area (Å²) in [6, 6.07) is 7.84. The lowest BCUT2D eigenvalue weighted by Crippen LogP contribution is -2.36. The second kappa shape index (κ2) is 8.29. The molecule has 0 radical (unpaired) electrons. The summed E-state index contributed by atoms with van der Waals surface area (Å²) in [7, 11) is 0. The lowest BCUT2D eigenvalue weighted by atomic mass is 10.1. The van der Waals surface area contributed by atoms with Crippen LogP contribution in [0.5, 0.6) is 5.75 Å². The zero-order valence-electron chi connectivity index (χ0n) is 16.9. The lowest BCUT2D eigenvalue weighted by Gasteiger charge is -2.14. The molecular weight excluding hydrogens is 356 g/mol. The molecule has 0 saturated heterocycles. The third-order valence-corrected chi connectivity index (χ3v) is 4.53. The topological polar surface area (TPSA) is 82.2 Å². The number of carbonyl (C=O) groups excluding carboxylic acids is 1. The number of rotatable bonds is 7. The minimum atomic E-state index is -0.284. The Morgan fingerprint density at radius 3 is 2.75 bits per heavy atom. The van der Waals surface area contributed by atoms with Gasteiger partial charge in [-0.2, -0.15) is 5.10 Å². The molecule has 0 spiro atoms. The van der Waals surface area contributed by atoms with Gasteiger partial charge in [0.25, 0.3) is 5.91 Å². The Bertz CT molecular complexity index is 974. The number of hydrogen-bond acceptors (Lipinski definition) is 5. The molecule has 1 unspecified atom stereocenters. The molecule has 148 valence electrons. The van der Waals surface area contributed by atoms with Gasteiger partial charge >= 0.3 is 0 Å². The van der Waals surface area contributed by atoms with E-state index in [4.69, 9.17) is 9.26 Å². The highest BCUT2D eigenvalue weighted by atomic mass is 16.5. The molecule has 0 bridgehead atoms. The molecule has 1 amide bonds. The van der Waals surface area contributed by atoms with Crippen LogP contribution in [0.3, 0.4) is 0 Å². The molecule has 1 atom stereocenters. The molecule has 28 heavy (non-hydrogen) atoms. The first-order valence-electron chi connectivity index (χ1n) is 9.29. The molecular formula is C21H26N4O3. The maximum atomic E-state index is 12.7. The molecule has 1 aromatic carbocycles. The molecule has 0 fully saturated rings. The summed E-state index contributed by atoms with van der Waals surface area (Å²) >= 11 is 0. The molecule has 3 rings (SSSR count). The van der Waals surface area contributed by atoms with E-state index in [9.17, 15) is 4.79 Å². The molecule has 0 saturated carbocycles. The van der Waals surface area contributed by atoms with Crippen molar-refractivity contribution in [1.29, 1.82) is 0 Å². The van der Waals surface area contributed by atoms with Crippen LogP contribution in [-0.4, -0.2) is 26.9 Å². The summed E-state index contributed by atoms with van der Waals surface area (Å²) in [5, 5.41) is 11.2. The van der Waals surface area contributed by atoms with E-state index in [1.807, 2.05) is 58.2 Å². The average molecular weight is 382 g/mol. The zero-order chi connectivity index (χ0) is 20.3. The molecule has 2 heterocycles. The van der Waals surface area contributed by atoms with Crippen molar-refractivity contribution < 1.29 is 14.1 Å². The van der Waals surface area contributed by atoms with Crippen molar-refractivity contribution in [1.82, 2.24) is 20.3 Å². The van der Waals surface area contributed by atoms with Crippen molar-refractivity contribution in [3.8, 4) is 5.75 Å². The van der Waals surface area contributed by atoms with E-state index < -0.39 is 0 Å². The van der Waals surface area contributed by atoms with Crippen LogP contribution in [0.15, 0.2) is 35.0 Å². The van der Waals surface area contributed by atoms with E-state index in [0.29, 0.717) is 17.9 Å². The normalized spacial score (nSPS) is 12.0. The quantitative estimate of drug-likeness (QED) is 0.676. The molecule has 0 aliphatic heterocycles. The smallest absolute Gasteiger partial charge is 0.274 e. The first-order chi connectivity index (χ1) is 13.3. The maximum Gasteiger partial charge on any atom is 0.274 e. The minimum Gasteiger partial charge on any atom is -0.488 e. The number of carbonyl (C=O) groups is 1. The summed E-state index contributed by atoms with van der Waals surface area (Å²) in [4.78, 5) is 12.7. The van der Waals surface area contributed by atoms with E-state index in [1.165, 1.54) is 0 Å². The van der Waals surface area contributed by atoms with Crippen molar-refractivity contribution in [2.24, 2.45) is 0 Å². The number of benzene rings is 1. The number of nitrogens with one attached hydrogen (secondary N) is 1. The number of hydrogen-bond donors (Lipinski definition) is 1. The highest BCUT2D eigenvalue weighted by molar-refractivity contribution is 5.93. The molecule has 7 nitrogen and oxygen atoms in total. The summed E-state index contributed by atoms with van der Waals surface area (Å²) in [5.74, 6) is 1.08. The van der Waals surface area contributed by atoms with Crippen LogP contribution in [0.4, 0.5) is 0 Å². The summed E-state index contributed by atoms with van der Waals surface area (Å²) in [5.41, 5.74) is 4.00. The van der Waals surface area contributed by atoms with Crippen LogP contribution < -0.4 is 10.1 Å². The summed E-state index contributed by atoms with van der Waals surface area (Å²) in [6.45, 7) is 10.4. The van der Waals surface area contributed by atoms with Gasteiger partial charge in [-0.1, -0.05) is 17.3 Å². The van der Waals surface area contributed by atoms with Gasteiger partial charge in [0.15, 0.2) is 5.69 Å². The van der Waals surface area contributed by atoms with E-state index >= 15 is 0 Å². The number of aryl methyl sites for hydroxylation is 4. The Labute approximate surface area is 164 Å². The van der Waals surface area contributed by atoms with Gasteiger partial charge in [-0.3, -0.25) is 9.48 Å². The largest absolute Gasteiger partial charge is 0.488 e. The van der Waals surface area contributed by atoms with Crippen LogP contribution in [0.2, 0.25) is 0 Å². The number of amides is 1. The second-order valence-corrected chi connectivity index (χ2v) is 7.18. The third kappa shape index (κ3) is 4.60. The number of ether oxygens (including phenoxy) is 1. The highest BCUT2D eigenvalue weighted by Crippen LogP contribution is 2.22. The van der Waals surface area contributed by atoms with Crippen molar-refractivity contribution >= 4 is 5.91 Å². The SMILES string of the molecule is Cc1ccc(C)c(OCc2c(C(=O)NC(C)Cn3ccc(C)n3)noc2C)c1. The lowest BCUT2D eigenvalue weighted by molar-refractivity contribution is 0.0924. The van der Waals surface area contributed by atoms with Gasteiger partial charge in [-0.15, -0.1) is 0 Å². The van der Waals surface area contributed by atoms with Crippen LogP contribution in [0.25, 0.3) is 0 Å². The van der Waals surface area contributed by atoms with Gasteiger partial charge in [0.2, 0.25) is 0 Å². The van der Waals surface area contributed by atoms with E-state index in [2.05, 4.69) is 15.6 Å². The van der Waals surface area contributed by atoms with Crippen molar-refractivity contribution in [3.63, 3.8) is 0 Å². The molecule has 0 aliphatic rings. The molecule has 2 aromatic heterocycles. The Morgan fingerprint density at radius 1 is 1.25 bits per heavy atom. The Balaban J connectivity index is 1.67. The molecule has 3 aromatic rings. The monoisotopic (exact) mass is 382 g/mol. The van der Waals surface area contributed by atoms with E-state index in [-0.39, 0.29) is 24.2 Å². The average Bonchev–Trinajstić information content (AvgIpc) is 3.21. The Kier molecular flexibility index (Phi) is 5.82. The maximum absolute atomic E-state index is 12.7. The van der Waals surface area contributed by atoms with Gasteiger partial charge in [0, 0.05) is 12.2 Å². The zero-order valence-corrected chi connectivity index (χ0v) is 16.9. The van der Waals surface area contributed by atoms with Crippen LogP contribution in [-0.2, 0) is 13.2 Å². The summed E-state index contributed by atoms with van der Waals surface area (Å²) < 4.78 is 13.0. The van der Waals surface area contributed by atoms with Crippen LogP contribution in [0.1, 0.15) is 45.6 Å². The van der Waals surface area contributed by atoms with Gasteiger partial charge < -0.3 is 14.6 Å². The standard InChI is InChI=1S/C21H26N4O3/c1-13-6-7-14(2)19(10-13)27-12-18-17(5)28-24-20(18)21(26)22-16(4)11-25-9-8-15(3)23-25/h6-10,16H,11-12H2,1-5H3,(H,22,26). The fourth-order valence-electron chi connectivity index (χ4n) is 2.94. The highest BCUT2D eigenvalue weighted by Gasteiger charge is 2.22. The Hall–Kier alpha value is -3.09. The van der Waals surface area contributed by atoms with Crippen molar-refractivity contribution in [3.05, 3.63) is 64.3 Å². The fraction of sp³-hybridized carbons (Fsp3) is 0.381. The minimum absolute atomic E-state index is 0.114. The van der Waals surface area contributed by atoms with Crippen molar-refractivity contribution in [2.45, 2.75) is 53.8 Å². The van der Waals surface area contributed by atoms with Gasteiger partial charge in [0.1, 0.15) is 18.1 Å². The van der Waals surface area contributed by atoms with Crippen LogP contribution in [0, 0.1) is 27.7 Å². The summed E-state index contributed by atoms with van der Waals surface area (Å²) in [6.07, 6.45) is 1.89. The Morgan fingerprint density at radius 2 is 2.04 bits per heavy atom. The first-order valence-corrected chi connectivity index (χ1v) is 9.29. The van der Waals surface area contributed by atoms with E-state index in [0.717, 1.165) is 22.6 Å². The molecule has 7 heteroatoms.